The fourth-order valence-electron chi connectivity index (χ4n) is 5.62. The van der Waals surface area contributed by atoms with Gasteiger partial charge in [0.2, 0.25) is 17.7 Å². The van der Waals surface area contributed by atoms with Gasteiger partial charge in [0.15, 0.2) is 0 Å². The molecule has 3 amide bonds. The lowest BCUT2D eigenvalue weighted by atomic mass is 9.75. The summed E-state index contributed by atoms with van der Waals surface area (Å²) in [4.78, 5) is 41.9. The van der Waals surface area contributed by atoms with Crippen molar-refractivity contribution in [3.8, 4) is 0 Å². The molecule has 4 atom stereocenters. The highest BCUT2D eigenvalue weighted by Crippen LogP contribution is 2.54. The van der Waals surface area contributed by atoms with Crippen molar-refractivity contribution in [2.45, 2.75) is 31.8 Å². The number of rotatable bonds is 5. The zero-order valence-corrected chi connectivity index (χ0v) is 18.5. The molecule has 3 heterocycles. The number of hydrogen-bond acceptors (Lipinski definition) is 5. The molecule has 0 radical (unpaired) electrons. The van der Waals surface area contributed by atoms with E-state index in [4.69, 9.17) is 4.74 Å². The molecule has 1 spiro atoms. The molecule has 0 aromatic heterocycles. The van der Waals surface area contributed by atoms with Gasteiger partial charge in [-0.2, -0.15) is 0 Å². The molecule has 7 heteroatoms. The minimum absolute atomic E-state index is 0.191. The standard InChI is InChI=1S/C25H27N3O4/c1-14-9-10-17-21(15(14)2)26-24(31)25(17)20-19(22(29)28(23(20)30)11-12-32-3)18(27-25)13-16-7-5-4-6-8-16/h4-10,18-20,27H,11-13H2,1-3H3,(H,26,31). The Morgan fingerprint density at radius 2 is 1.78 bits per heavy atom. The van der Waals surface area contributed by atoms with E-state index in [9.17, 15) is 14.4 Å². The van der Waals surface area contributed by atoms with Crippen molar-refractivity contribution in [2.75, 3.05) is 25.6 Å². The lowest BCUT2D eigenvalue weighted by Crippen LogP contribution is -2.53. The lowest BCUT2D eigenvalue weighted by Gasteiger charge is -2.29. The van der Waals surface area contributed by atoms with Crippen molar-refractivity contribution in [1.29, 1.82) is 0 Å². The van der Waals surface area contributed by atoms with Crippen molar-refractivity contribution >= 4 is 23.4 Å². The second kappa shape index (κ2) is 7.53. The van der Waals surface area contributed by atoms with Gasteiger partial charge in [-0.3, -0.25) is 24.6 Å². The van der Waals surface area contributed by atoms with Crippen LogP contribution in [0.4, 0.5) is 5.69 Å². The molecule has 2 aromatic rings. The van der Waals surface area contributed by atoms with Crippen LogP contribution in [0.25, 0.3) is 0 Å². The number of hydrogen-bond donors (Lipinski definition) is 2. The molecule has 2 saturated heterocycles. The Balaban J connectivity index is 1.63. The van der Waals surface area contributed by atoms with Crippen LogP contribution in [0.1, 0.15) is 22.3 Å². The van der Waals surface area contributed by atoms with Gasteiger partial charge in [0.1, 0.15) is 5.54 Å². The number of fused-ring (bicyclic) bond motifs is 4. The lowest BCUT2D eigenvalue weighted by molar-refractivity contribution is -0.143. The van der Waals surface area contributed by atoms with Gasteiger partial charge in [0.05, 0.1) is 25.0 Å². The maximum absolute atomic E-state index is 13.6. The third kappa shape index (κ3) is 2.77. The number of nitrogens with one attached hydrogen (secondary N) is 2. The smallest absolute Gasteiger partial charge is 0.250 e. The molecule has 2 fully saturated rings. The van der Waals surface area contributed by atoms with E-state index in [1.54, 1.807) is 7.11 Å². The molecule has 32 heavy (non-hydrogen) atoms. The Hall–Kier alpha value is -3.03. The predicted molar refractivity (Wildman–Crippen MR) is 119 cm³/mol. The number of imide groups is 1. The van der Waals surface area contributed by atoms with E-state index in [1.807, 2.05) is 56.3 Å². The summed E-state index contributed by atoms with van der Waals surface area (Å²) in [5.41, 5.74) is 3.34. The SMILES string of the molecule is COCCN1C(=O)C2C(Cc3ccccc3)NC3(C(=O)Nc4c3ccc(C)c4C)C2C1=O. The first-order valence-electron chi connectivity index (χ1n) is 11.0. The van der Waals surface area contributed by atoms with E-state index < -0.39 is 17.4 Å². The number of anilines is 1. The minimum atomic E-state index is -1.26. The van der Waals surface area contributed by atoms with Crippen LogP contribution in [-0.2, 0) is 31.1 Å². The molecule has 0 aliphatic carbocycles. The van der Waals surface area contributed by atoms with Gasteiger partial charge < -0.3 is 10.1 Å². The Labute approximate surface area is 187 Å². The van der Waals surface area contributed by atoms with E-state index in [-0.39, 0.29) is 36.9 Å². The fourth-order valence-corrected chi connectivity index (χ4v) is 5.62. The molecular weight excluding hydrogens is 406 g/mol. The van der Waals surface area contributed by atoms with Gasteiger partial charge in [-0.15, -0.1) is 0 Å². The van der Waals surface area contributed by atoms with Crippen LogP contribution in [0.5, 0.6) is 0 Å². The molecule has 166 valence electrons. The molecular formula is C25H27N3O4. The number of benzene rings is 2. The van der Waals surface area contributed by atoms with Crippen molar-refractivity contribution in [1.82, 2.24) is 10.2 Å². The molecule has 3 aliphatic rings. The van der Waals surface area contributed by atoms with Gasteiger partial charge in [-0.1, -0.05) is 42.5 Å². The number of carbonyl (C=O) groups excluding carboxylic acids is 3. The van der Waals surface area contributed by atoms with Gasteiger partial charge in [0, 0.05) is 24.4 Å². The number of methoxy groups -OCH3 is 1. The molecule has 0 bridgehead atoms. The Morgan fingerprint density at radius 3 is 2.50 bits per heavy atom. The van der Waals surface area contributed by atoms with Gasteiger partial charge in [0.25, 0.3) is 0 Å². The Kier molecular flexibility index (Phi) is 4.91. The van der Waals surface area contributed by atoms with Gasteiger partial charge in [-0.25, -0.2) is 0 Å². The summed E-state index contributed by atoms with van der Waals surface area (Å²) in [7, 11) is 1.54. The second-order valence-electron chi connectivity index (χ2n) is 8.96. The van der Waals surface area contributed by atoms with Crippen molar-refractivity contribution in [3.63, 3.8) is 0 Å². The molecule has 2 aromatic carbocycles. The Bertz CT molecular complexity index is 1120. The maximum atomic E-state index is 13.6. The highest BCUT2D eigenvalue weighted by molar-refractivity contribution is 6.15. The number of nitrogens with zero attached hydrogens (tertiary/aromatic N) is 1. The summed E-state index contributed by atoms with van der Waals surface area (Å²) in [6.45, 7) is 4.42. The molecule has 7 nitrogen and oxygen atoms in total. The van der Waals surface area contributed by atoms with Crippen LogP contribution in [0.3, 0.4) is 0 Å². The minimum Gasteiger partial charge on any atom is -0.383 e. The second-order valence-corrected chi connectivity index (χ2v) is 8.96. The van der Waals surface area contributed by atoms with Gasteiger partial charge in [-0.05, 0) is 37.0 Å². The monoisotopic (exact) mass is 433 g/mol. The van der Waals surface area contributed by atoms with E-state index in [1.165, 1.54) is 4.90 Å². The zero-order valence-electron chi connectivity index (χ0n) is 18.5. The maximum Gasteiger partial charge on any atom is 0.250 e. The van der Waals surface area contributed by atoms with Crippen LogP contribution >= 0.6 is 0 Å². The number of ether oxygens (including phenoxy) is 1. The first-order chi connectivity index (χ1) is 15.4. The quantitative estimate of drug-likeness (QED) is 0.704. The third-order valence-corrected chi connectivity index (χ3v) is 7.33. The van der Waals surface area contributed by atoms with Crippen molar-refractivity contribution < 1.29 is 19.1 Å². The van der Waals surface area contributed by atoms with E-state index in [0.717, 1.165) is 27.9 Å². The molecule has 2 N–H and O–H groups in total. The summed E-state index contributed by atoms with van der Waals surface area (Å²) < 4.78 is 5.13. The van der Waals surface area contributed by atoms with Crippen LogP contribution in [0.15, 0.2) is 42.5 Å². The molecule has 4 unspecified atom stereocenters. The van der Waals surface area contributed by atoms with Crippen LogP contribution in [0, 0.1) is 25.7 Å². The van der Waals surface area contributed by atoms with Crippen LogP contribution < -0.4 is 10.6 Å². The molecule has 0 saturated carbocycles. The van der Waals surface area contributed by atoms with Gasteiger partial charge >= 0.3 is 0 Å². The fraction of sp³-hybridized carbons (Fsp3) is 0.400. The summed E-state index contributed by atoms with van der Waals surface area (Å²) in [6.07, 6.45) is 0.550. The molecule has 5 rings (SSSR count). The largest absolute Gasteiger partial charge is 0.383 e. The highest BCUT2D eigenvalue weighted by Gasteiger charge is 2.70. The summed E-state index contributed by atoms with van der Waals surface area (Å²) in [5, 5.41) is 6.52. The average molecular weight is 434 g/mol. The first-order valence-corrected chi connectivity index (χ1v) is 11.0. The predicted octanol–water partition coefficient (Wildman–Crippen LogP) is 1.91. The third-order valence-electron chi connectivity index (χ3n) is 7.33. The summed E-state index contributed by atoms with van der Waals surface area (Å²) >= 11 is 0. The van der Waals surface area contributed by atoms with Crippen LogP contribution in [0.2, 0.25) is 0 Å². The number of likely N-dealkylation sites (tertiary alicyclic amines) is 1. The highest BCUT2D eigenvalue weighted by atomic mass is 16.5. The zero-order chi connectivity index (χ0) is 22.6. The normalized spacial score (nSPS) is 28.4. The number of carbonyl (C=O) groups is 3. The summed E-state index contributed by atoms with van der Waals surface area (Å²) in [6, 6.07) is 13.4. The summed E-state index contributed by atoms with van der Waals surface area (Å²) in [5.74, 6) is -2.20. The number of aryl methyl sites for hydroxylation is 1. The van der Waals surface area contributed by atoms with Crippen molar-refractivity contribution in [2.24, 2.45) is 11.8 Å². The van der Waals surface area contributed by atoms with E-state index in [0.29, 0.717) is 6.42 Å². The first kappa shape index (κ1) is 20.8. The Morgan fingerprint density at radius 1 is 1.03 bits per heavy atom. The molecule has 3 aliphatic heterocycles. The van der Waals surface area contributed by atoms with E-state index in [2.05, 4.69) is 10.6 Å². The van der Waals surface area contributed by atoms with Crippen molar-refractivity contribution in [3.05, 3.63) is 64.7 Å². The van der Waals surface area contributed by atoms with E-state index >= 15 is 0 Å². The topological polar surface area (TPSA) is 87.7 Å². The number of amides is 3. The van der Waals surface area contributed by atoms with Crippen LogP contribution in [-0.4, -0.2) is 48.9 Å². The average Bonchev–Trinajstić information content (AvgIpc) is 3.35.